The Balaban J connectivity index is 1.57. The lowest BCUT2D eigenvalue weighted by atomic mass is 10.1. The van der Waals surface area contributed by atoms with Crippen molar-refractivity contribution in [2.24, 2.45) is 11.6 Å². The number of hydrogen-bond donors (Lipinski definition) is 3. The van der Waals surface area contributed by atoms with Crippen LogP contribution in [-0.2, 0) is 12.7 Å². The second-order valence-corrected chi connectivity index (χ2v) is 9.60. The van der Waals surface area contributed by atoms with Crippen molar-refractivity contribution in [3.8, 4) is 0 Å². The number of nitrogens with two attached hydrogens (primary N) is 2. The maximum atomic E-state index is 13.5. The highest BCUT2D eigenvalue weighted by molar-refractivity contribution is 7.10. The Morgan fingerprint density at radius 1 is 1.22 bits per heavy atom. The van der Waals surface area contributed by atoms with Crippen LogP contribution < -0.4 is 21.9 Å². The highest BCUT2D eigenvalue weighted by Gasteiger charge is 2.31. The number of hydrazine groups is 1. The van der Waals surface area contributed by atoms with E-state index in [1.54, 1.807) is 36.0 Å². The molecular formula is C25H27F3N6OS. The zero-order chi connectivity index (χ0) is 25.9. The number of aromatic nitrogens is 1. The van der Waals surface area contributed by atoms with Crippen LogP contribution in [0.2, 0.25) is 0 Å². The molecule has 0 unspecified atom stereocenters. The van der Waals surface area contributed by atoms with Crippen molar-refractivity contribution in [2.45, 2.75) is 32.5 Å². The average molecular weight is 517 g/mol. The molecule has 11 heteroatoms. The van der Waals surface area contributed by atoms with Crippen LogP contribution in [0.4, 0.5) is 24.5 Å². The zero-order valence-corrected chi connectivity index (χ0v) is 20.5. The lowest BCUT2D eigenvalue weighted by Crippen LogP contribution is -2.27. The van der Waals surface area contributed by atoms with Gasteiger partial charge in [0.1, 0.15) is 0 Å². The van der Waals surface area contributed by atoms with Crippen LogP contribution in [0.25, 0.3) is 5.70 Å². The summed E-state index contributed by atoms with van der Waals surface area (Å²) in [5.74, 6) is 5.64. The average Bonchev–Trinajstić information content (AvgIpc) is 3.53. The summed E-state index contributed by atoms with van der Waals surface area (Å²) < 4.78 is 40.6. The van der Waals surface area contributed by atoms with E-state index < -0.39 is 17.6 Å². The first kappa shape index (κ1) is 25.7. The molecule has 190 valence electrons. The van der Waals surface area contributed by atoms with Gasteiger partial charge in [-0.1, -0.05) is 6.07 Å². The number of carbonyl (C=O) groups excluding carboxylic acids is 1. The number of amides is 1. The molecule has 5 N–H and O–H groups in total. The molecule has 2 aromatic carbocycles. The Hall–Kier alpha value is -3.41. The summed E-state index contributed by atoms with van der Waals surface area (Å²) in [6, 6.07) is 8.56. The Bertz CT molecular complexity index is 1250. The number of hydrogen-bond acceptors (Lipinski definition) is 7. The normalized spacial score (nSPS) is 14.8. The van der Waals surface area contributed by atoms with Crippen molar-refractivity contribution in [1.29, 1.82) is 0 Å². The first-order chi connectivity index (χ1) is 17.1. The molecule has 1 aromatic heterocycles. The van der Waals surface area contributed by atoms with E-state index in [9.17, 15) is 18.0 Å². The molecule has 0 saturated carbocycles. The highest BCUT2D eigenvalue weighted by Crippen LogP contribution is 2.33. The smallest absolute Gasteiger partial charge is 0.396 e. The number of benzene rings is 2. The van der Waals surface area contributed by atoms with Gasteiger partial charge in [-0.3, -0.25) is 19.7 Å². The maximum Gasteiger partial charge on any atom is 0.416 e. The summed E-state index contributed by atoms with van der Waals surface area (Å²) in [5, 5.41) is 3.93. The van der Waals surface area contributed by atoms with Crippen LogP contribution in [0.5, 0.6) is 0 Å². The number of likely N-dealkylation sites (tertiary alicyclic amines) is 1. The van der Waals surface area contributed by atoms with E-state index in [2.05, 4.69) is 15.2 Å². The molecule has 1 fully saturated rings. The molecule has 4 rings (SSSR count). The monoisotopic (exact) mass is 516 g/mol. The van der Waals surface area contributed by atoms with E-state index in [4.69, 9.17) is 11.6 Å². The number of anilines is 2. The molecule has 0 spiro atoms. The van der Waals surface area contributed by atoms with Crippen molar-refractivity contribution in [3.05, 3.63) is 81.4 Å². The number of nitrogens with one attached hydrogen (secondary N) is 1. The van der Waals surface area contributed by atoms with Gasteiger partial charge in [-0.05, 0) is 74.3 Å². The molecular weight excluding hydrogens is 489 g/mol. The van der Waals surface area contributed by atoms with Gasteiger partial charge in [0.2, 0.25) is 0 Å². The molecule has 0 atom stereocenters. The van der Waals surface area contributed by atoms with Crippen LogP contribution in [0, 0.1) is 6.92 Å². The van der Waals surface area contributed by atoms with Gasteiger partial charge >= 0.3 is 6.18 Å². The Labute approximate surface area is 211 Å². The molecule has 1 amide bonds. The summed E-state index contributed by atoms with van der Waals surface area (Å²) in [5.41, 5.74) is 9.49. The Morgan fingerprint density at radius 3 is 2.64 bits per heavy atom. The standard InChI is InChI=1S/C25H27F3N6OS/c1-16-4-5-18(10-22(16)34(30)14-21(29)23-12-31-15-36-23)24(35)32-20-9-17(13-33-6-2-3-7-33)8-19(11-20)25(26,27)28/h4-5,8-12,14-15H,2-3,6-7,13,29-30H2,1H3,(H,32,35)/b21-14-. The number of thiazole rings is 1. The summed E-state index contributed by atoms with van der Waals surface area (Å²) >= 11 is 1.36. The summed E-state index contributed by atoms with van der Waals surface area (Å²) in [6.07, 6.45) is 0.675. The predicted octanol–water partition coefficient (Wildman–Crippen LogP) is 4.96. The third-order valence-corrected chi connectivity index (χ3v) is 6.75. The van der Waals surface area contributed by atoms with E-state index in [1.807, 2.05) is 6.92 Å². The molecule has 1 aliphatic heterocycles. The second kappa shape index (κ2) is 10.7. The fraction of sp³-hybridized carbons (Fsp3) is 0.280. The fourth-order valence-electron chi connectivity index (χ4n) is 4.09. The third-order valence-electron chi connectivity index (χ3n) is 5.93. The van der Waals surface area contributed by atoms with Crippen LogP contribution in [0.3, 0.4) is 0 Å². The molecule has 0 aliphatic carbocycles. The number of nitrogens with zero attached hydrogens (tertiary/aromatic N) is 3. The number of rotatable bonds is 7. The minimum absolute atomic E-state index is 0.0880. The quantitative estimate of drug-likeness (QED) is 0.303. The predicted molar refractivity (Wildman–Crippen MR) is 136 cm³/mol. The molecule has 1 saturated heterocycles. The molecule has 0 radical (unpaired) electrons. The van der Waals surface area contributed by atoms with Gasteiger partial charge in [-0.15, -0.1) is 11.3 Å². The van der Waals surface area contributed by atoms with Crippen LogP contribution in [0.15, 0.2) is 54.3 Å². The first-order valence-corrected chi connectivity index (χ1v) is 12.2. The van der Waals surface area contributed by atoms with E-state index in [1.165, 1.54) is 22.5 Å². The molecule has 3 aromatic rings. The van der Waals surface area contributed by atoms with Gasteiger partial charge in [-0.2, -0.15) is 13.2 Å². The second-order valence-electron chi connectivity index (χ2n) is 8.71. The van der Waals surface area contributed by atoms with E-state index in [0.29, 0.717) is 23.5 Å². The van der Waals surface area contributed by atoms with Crippen LogP contribution in [0.1, 0.15) is 44.8 Å². The third kappa shape index (κ3) is 6.23. The van der Waals surface area contributed by atoms with Crippen LogP contribution >= 0.6 is 11.3 Å². The molecule has 0 bridgehead atoms. The Kier molecular flexibility index (Phi) is 7.62. The van der Waals surface area contributed by atoms with Crippen molar-refractivity contribution < 1.29 is 18.0 Å². The summed E-state index contributed by atoms with van der Waals surface area (Å²) in [7, 11) is 0. The Morgan fingerprint density at radius 2 is 1.97 bits per heavy atom. The minimum Gasteiger partial charge on any atom is -0.396 e. The number of aryl methyl sites for hydroxylation is 1. The SMILES string of the molecule is Cc1ccc(C(=O)Nc2cc(CN3CCCC3)cc(C(F)(F)F)c2)cc1N(N)/C=C(\N)c1cncs1. The topological polar surface area (TPSA) is 101 Å². The maximum absolute atomic E-state index is 13.5. The van der Waals surface area contributed by atoms with Gasteiger partial charge < -0.3 is 11.1 Å². The van der Waals surface area contributed by atoms with Gasteiger partial charge in [-0.25, -0.2) is 5.84 Å². The number of alkyl halides is 3. The zero-order valence-electron chi connectivity index (χ0n) is 19.7. The van der Waals surface area contributed by atoms with Gasteiger partial charge in [0.25, 0.3) is 5.91 Å². The summed E-state index contributed by atoms with van der Waals surface area (Å²) in [6.45, 7) is 3.92. The van der Waals surface area contributed by atoms with E-state index >= 15 is 0 Å². The molecule has 1 aliphatic rings. The van der Waals surface area contributed by atoms with Crippen molar-refractivity contribution in [3.63, 3.8) is 0 Å². The minimum atomic E-state index is -4.53. The molecule has 7 nitrogen and oxygen atoms in total. The highest BCUT2D eigenvalue weighted by atomic mass is 32.1. The number of halogens is 3. The van der Waals surface area contributed by atoms with E-state index in [0.717, 1.165) is 48.5 Å². The van der Waals surface area contributed by atoms with E-state index in [-0.39, 0.29) is 11.3 Å². The fourth-order valence-corrected chi connectivity index (χ4v) is 4.64. The lowest BCUT2D eigenvalue weighted by molar-refractivity contribution is -0.137. The lowest BCUT2D eigenvalue weighted by Gasteiger charge is -2.19. The first-order valence-electron chi connectivity index (χ1n) is 11.4. The van der Waals surface area contributed by atoms with Gasteiger partial charge in [0, 0.05) is 30.2 Å². The number of carbonyl (C=O) groups is 1. The van der Waals surface area contributed by atoms with Crippen LogP contribution in [-0.4, -0.2) is 28.9 Å². The molecule has 36 heavy (non-hydrogen) atoms. The largest absolute Gasteiger partial charge is 0.416 e. The van der Waals surface area contributed by atoms with Crippen molar-refractivity contribution in [2.75, 3.05) is 23.4 Å². The summed E-state index contributed by atoms with van der Waals surface area (Å²) in [4.78, 5) is 19.9. The van der Waals surface area contributed by atoms with Gasteiger partial charge in [0.15, 0.2) is 0 Å². The van der Waals surface area contributed by atoms with Gasteiger partial charge in [0.05, 0.1) is 27.3 Å². The van der Waals surface area contributed by atoms with Crippen molar-refractivity contribution >= 4 is 34.3 Å². The molecule has 2 heterocycles. The van der Waals surface area contributed by atoms with Crippen molar-refractivity contribution in [1.82, 2.24) is 9.88 Å².